The minimum absolute atomic E-state index is 0.0681. The van der Waals surface area contributed by atoms with Crippen LogP contribution in [0.3, 0.4) is 0 Å². The number of hydrogen-bond donors (Lipinski definition) is 1. The maximum Gasteiger partial charge on any atom is 0.330 e. The molecule has 0 saturated carbocycles. The van der Waals surface area contributed by atoms with Gasteiger partial charge in [0.2, 0.25) is 10.0 Å². The van der Waals surface area contributed by atoms with Crippen molar-refractivity contribution in [1.29, 1.82) is 0 Å². The van der Waals surface area contributed by atoms with E-state index in [-0.39, 0.29) is 13.1 Å². The first-order valence-corrected chi connectivity index (χ1v) is 6.99. The summed E-state index contributed by atoms with van der Waals surface area (Å²) in [5.41, 5.74) is -2.53. The highest BCUT2D eigenvalue weighted by molar-refractivity contribution is 7.89. The second-order valence-corrected chi connectivity index (χ2v) is 6.93. The van der Waals surface area contributed by atoms with Crippen LogP contribution in [0.25, 0.3) is 0 Å². The maximum atomic E-state index is 12.2. The van der Waals surface area contributed by atoms with Crippen molar-refractivity contribution in [3.8, 4) is 0 Å². The van der Waals surface area contributed by atoms with Crippen LogP contribution >= 0.6 is 0 Å². The fraction of sp³-hybridized carbons (Fsp3) is 0.600. The normalized spacial score (nSPS) is 19.2. The smallest absolute Gasteiger partial charge is 0.330 e. The fourth-order valence-corrected chi connectivity index (χ4v) is 3.80. The van der Waals surface area contributed by atoms with E-state index >= 15 is 0 Å². The summed E-state index contributed by atoms with van der Waals surface area (Å²) in [5.74, 6) is 0. The van der Waals surface area contributed by atoms with Gasteiger partial charge in [-0.05, 0) is 6.92 Å². The van der Waals surface area contributed by atoms with Gasteiger partial charge in [-0.3, -0.25) is 9.36 Å². The summed E-state index contributed by atoms with van der Waals surface area (Å²) in [6.45, 7) is 1.38. The molecular weight excluding hydrogens is 274 g/mol. The van der Waals surface area contributed by atoms with E-state index in [0.29, 0.717) is 0 Å². The molecule has 1 aromatic rings. The van der Waals surface area contributed by atoms with E-state index in [2.05, 4.69) is 0 Å². The van der Waals surface area contributed by atoms with Crippen molar-refractivity contribution in [2.75, 3.05) is 13.1 Å². The predicted molar refractivity (Wildman–Crippen MR) is 66.3 cm³/mol. The number of hydrogen-bond acceptors (Lipinski definition) is 5. The lowest BCUT2D eigenvalue weighted by molar-refractivity contribution is -0.0426. The Morgan fingerprint density at radius 1 is 1.26 bits per heavy atom. The topological polar surface area (TPSA) is 102 Å². The zero-order valence-corrected chi connectivity index (χ0v) is 11.6. The molecule has 0 aromatic carbocycles. The summed E-state index contributed by atoms with van der Waals surface area (Å²) >= 11 is 0. The van der Waals surface area contributed by atoms with E-state index in [1.165, 1.54) is 21.0 Å². The monoisotopic (exact) mass is 289 g/mol. The van der Waals surface area contributed by atoms with Gasteiger partial charge in [0.1, 0.15) is 0 Å². The Bertz CT molecular complexity index is 735. The van der Waals surface area contributed by atoms with E-state index < -0.39 is 31.8 Å². The molecule has 0 bridgehead atoms. The van der Waals surface area contributed by atoms with Crippen LogP contribution in [0.2, 0.25) is 0 Å². The molecule has 2 rings (SSSR count). The summed E-state index contributed by atoms with van der Waals surface area (Å²) < 4.78 is 27.2. The number of aryl methyl sites for hydroxylation is 1. The Hall–Kier alpha value is -1.45. The minimum atomic E-state index is -3.99. The average Bonchev–Trinajstić information content (AvgIpc) is 2.27. The summed E-state index contributed by atoms with van der Waals surface area (Å²) in [6.07, 6.45) is 1.01. The summed E-state index contributed by atoms with van der Waals surface area (Å²) in [4.78, 5) is 22.9. The molecule has 0 spiro atoms. The van der Waals surface area contributed by atoms with Gasteiger partial charge >= 0.3 is 5.69 Å². The third-order valence-electron chi connectivity index (χ3n) is 3.07. The Kier molecular flexibility index (Phi) is 2.96. The number of β-amino-alcohol motifs (C(OH)–C–C–N with tert-alkyl or cyclic N) is 1. The number of sulfonamides is 1. The molecule has 1 aliphatic heterocycles. The summed E-state index contributed by atoms with van der Waals surface area (Å²) in [6, 6.07) is 0. The predicted octanol–water partition coefficient (Wildman–Crippen LogP) is -2.16. The maximum absolute atomic E-state index is 12.2. The van der Waals surface area contributed by atoms with Crippen LogP contribution in [0.5, 0.6) is 0 Å². The van der Waals surface area contributed by atoms with Crippen molar-refractivity contribution >= 4 is 10.0 Å². The van der Waals surface area contributed by atoms with Crippen LogP contribution in [0.1, 0.15) is 6.92 Å². The molecule has 1 N–H and O–H groups in total. The highest BCUT2D eigenvalue weighted by Gasteiger charge is 2.45. The average molecular weight is 289 g/mol. The molecule has 1 aliphatic rings. The van der Waals surface area contributed by atoms with E-state index in [9.17, 15) is 23.1 Å². The molecule has 1 aromatic heterocycles. The SMILES string of the molecule is Cn1cc(S(=O)(=O)N2CC(C)(O)C2)c(=O)n(C)c1=O. The van der Waals surface area contributed by atoms with Gasteiger partial charge in [-0.1, -0.05) is 0 Å². The fourth-order valence-electron chi connectivity index (χ4n) is 1.97. The minimum Gasteiger partial charge on any atom is -0.387 e. The molecule has 19 heavy (non-hydrogen) atoms. The summed E-state index contributed by atoms with van der Waals surface area (Å²) in [5, 5.41) is 9.57. The Balaban J connectivity index is 2.55. The van der Waals surface area contributed by atoms with Crippen molar-refractivity contribution in [2.45, 2.75) is 17.4 Å². The Morgan fingerprint density at radius 3 is 2.26 bits per heavy atom. The van der Waals surface area contributed by atoms with Gasteiger partial charge in [-0.15, -0.1) is 0 Å². The molecule has 0 aliphatic carbocycles. The van der Waals surface area contributed by atoms with Crippen molar-refractivity contribution in [1.82, 2.24) is 13.4 Å². The summed E-state index contributed by atoms with van der Waals surface area (Å²) in [7, 11) is -1.40. The van der Waals surface area contributed by atoms with Crippen molar-refractivity contribution in [2.24, 2.45) is 14.1 Å². The molecule has 0 unspecified atom stereocenters. The first-order valence-electron chi connectivity index (χ1n) is 5.55. The van der Waals surface area contributed by atoms with Crippen LogP contribution in [0, 0.1) is 0 Å². The number of nitrogens with zero attached hydrogens (tertiary/aromatic N) is 3. The van der Waals surface area contributed by atoms with Gasteiger partial charge in [0.15, 0.2) is 4.90 Å². The van der Waals surface area contributed by atoms with Crippen LogP contribution in [-0.2, 0) is 24.1 Å². The molecule has 0 atom stereocenters. The van der Waals surface area contributed by atoms with Crippen LogP contribution in [-0.4, -0.2) is 45.7 Å². The first kappa shape index (κ1) is 14.0. The molecular formula is C10H15N3O5S. The Labute approximate surface area is 109 Å². The molecule has 2 heterocycles. The van der Waals surface area contributed by atoms with E-state index in [1.807, 2.05) is 0 Å². The largest absolute Gasteiger partial charge is 0.387 e. The zero-order chi connectivity index (χ0) is 14.6. The van der Waals surface area contributed by atoms with E-state index in [1.54, 1.807) is 0 Å². The van der Waals surface area contributed by atoms with Gasteiger partial charge in [0.25, 0.3) is 5.56 Å². The third kappa shape index (κ3) is 2.13. The first-order chi connectivity index (χ1) is 8.56. The lowest BCUT2D eigenvalue weighted by Gasteiger charge is -2.42. The zero-order valence-electron chi connectivity index (χ0n) is 10.8. The van der Waals surface area contributed by atoms with Gasteiger partial charge in [0, 0.05) is 33.4 Å². The quantitative estimate of drug-likeness (QED) is 0.668. The third-order valence-corrected chi connectivity index (χ3v) is 4.84. The highest BCUT2D eigenvalue weighted by Crippen LogP contribution is 2.25. The van der Waals surface area contributed by atoms with Gasteiger partial charge < -0.3 is 9.67 Å². The Morgan fingerprint density at radius 2 is 1.79 bits per heavy atom. The number of rotatable bonds is 2. The molecule has 9 heteroatoms. The number of aliphatic hydroxyl groups is 1. The standard InChI is InChI=1S/C10H15N3O5S/c1-10(16)5-13(6-10)19(17,18)7-4-11(2)9(15)12(3)8(7)14/h4,16H,5-6H2,1-3H3. The van der Waals surface area contributed by atoms with Crippen LogP contribution in [0.4, 0.5) is 0 Å². The van der Waals surface area contributed by atoms with Crippen LogP contribution in [0.15, 0.2) is 20.7 Å². The molecule has 0 amide bonds. The van der Waals surface area contributed by atoms with Crippen molar-refractivity contribution in [3.05, 3.63) is 27.0 Å². The highest BCUT2D eigenvalue weighted by atomic mass is 32.2. The van der Waals surface area contributed by atoms with Crippen LogP contribution < -0.4 is 11.2 Å². The lowest BCUT2D eigenvalue weighted by atomic mass is 10.0. The van der Waals surface area contributed by atoms with Crippen molar-refractivity contribution in [3.63, 3.8) is 0 Å². The molecule has 1 fully saturated rings. The van der Waals surface area contributed by atoms with Gasteiger partial charge in [0.05, 0.1) is 5.60 Å². The second-order valence-electron chi connectivity index (χ2n) is 5.02. The number of aromatic nitrogens is 2. The molecule has 1 saturated heterocycles. The second kappa shape index (κ2) is 4.02. The lowest BCUT2D eigenvalue weighted by Crippen LogP contribution is -2.62. The molecule has 8 nitrogen and oxygen atoms in total. The van der Waals surface area contributed by atoms with Gasteiger partial charge in [-0.2, -0.15) is 4.31 Å². The van der Waals surface area contributed by atoms with Gasteiger partial charge in [-0.25, -0.2) is 13.2 Å². The molecule has 0 radical (unpaired) electrons. The molecule has 106 valence electrons. The van der Waals surface area contributed by atoms with Crippen molar-refractivity contribution < 1.29 is 13.5 Å². The van der Waals surface area contributed by atoms with E-state index in [4.69, 9.17) is 0 Å². The van der Waals surface area contributed by atoms with E-state index in [0.717, 1.165) is 19.6 Å².